The summed E-state index contributed by atoms with van der Waals surface area (Å²) in [5.41, 5.74) is 2.87. The summed E-state index contributed by atoms with van der Waals surface area (Å²) in [6.07, 6.45) is 3.44. The van der Waals surface area contributed by atoms with Crippen molar-refractivity contribution >= 4 is 14.0 Å². The monoisotopic (exact) mass is 306 g/mol. The Morgan fingerprint density at radius 3 is 2.29 bits per heavy atom. The molecule has 0 bridgehead atoms. The third kappa shape index (κ3) is 4.94. The van der Waals surface area contributed by atoms with E-state index < -0.39 is 8.80 Å². The Hall–Kier alpha value is -0.643. The molecule has 0 saturated carbocycles. The van der Waals surface area contributed by atoms with Crippen molar-refractivity contribution in [2.45, 2.75) is 70.9 Å². The van der Waals surface area contributed by atoms with Crippen molar-refractivity contribution in [3.8, 4) is 0 Å². The van der Waals surface area contributed by atoms with Gasteiger partial charge in [-0.2, -0.15) is 0 Å². The summed E-state index contributed by atoms with van der Waals surface area (Å²) in [7, 11) is -0.873. The normalized spacial score (nSPS) is 19.7. The van der Waals surface area contributed by atoms with Gasteiger partial charge >= 0.3 is 0 Å². The Morgan fingerprint density at radius 2 is 1.76 bits per heavy atom. The molecule has 1 unspecified atom stereocenters. The minimum Gasteiger partial charge on any atom is -0.353 e. The molecule has 3 heteroatoms. The lowest BCUT2D eigenvalue weighted by Gasteiger charge is -2.24. The molecule has 2 nitrogen and oxygen atoms in total. The summed E-state index contributed by atoms with van der Waals surface area (Å²) in [6, 6.07) is 9.14. The number of benzene rings is 1. The molecule has 1 saturated heterocycles. The lowest BCUT2D eigenvalue weighted by atomic mass is 10.2. The molecular weight excluding hydrogens is 276 g/mol. The van der Waals surface area contributed by atoms with E-state index in [0.29, 0.717) is 6.61 Å². The van der Waals surface area contributed by atoms with E-state index >= 15 is 0 Å². The Kier molecular flexibility index (Phi) is 6.46. The number of hydrogen-bond donors (Lipinski definition) is 0. The van der Waals surface area contributed by atoms with Crippen LogP contribution in [0.4, 0.5) is 0 Å². The van der Waals surface area contributed by atoms with E-state index in [1.165, 1.54) is 18.4 Å². The van der Waals surface area contributed by atoms with E-state index in [4.69, 9.17) is 9.47 Å². The molecule has 1 aliphatic rings. The maximum atomic E-state index is 5.85. The highest BCUT2D eigenvalue weighted by Gasteiger charge is 2.21. The van der Waals surface area contributed by atoms with Crippen LogP contribution in [0.25, 0.3) is 0 Å². The largest absolute Gasteiger partial charge is 0.353 e. The Labute approximate surface area is 131 Å². The van der Waals surface area contributed by atoms with E-state index in [2.05, 4.69) is 52.0 Å². The van der Waals surface area contributed by atoms with Crippen LogP contribution in [0, 0.1) is 0 Å². The van der Waals surface area contributed by atoms with Gasteiger partial charge in [0.25, 0.3) is 0 Å². The van der Waals surface area contributed by atoms with Gasteiger partial charge in [-0.15, -0.1) is 0 Å². The first kappa shape index (κ1) is 16.7. The highest BCUT2D eigenvalue weighted by Crippen LogP contribution is 2.20. The zero-order valence-electron chi connectivity index (χ0n) is 14.0. The fraction of sp³-hybridized carbons (Fsp3) is 0.667. The SMILES string of the molecule is CC(C)[SiH](c1ccc(COC2CCCCO2)cc1)C(C)C. The molecule has 1 aromatic rings. The second kappa shape index (κ2) is 8.11. The van der Waals surface area contributed by atoms with Crippen molar-refractivity contribution in [2.24, 2.45) is 0 Å². The van der Waals surface area contributed by atoms with Crippen LogP contribution < -0.4 is 5.19 Å². The van der Waals surface area contributed by atoms with Gasteiger partial charge in [0, 0.05) is 6.61 Å². The second-order valence-electron chi connectivity index (χ2n) is 6.86. The van der Waals surface area contributed by atoms with Gasteiger partial charge in [-0.25, -0.2) is 0 Å². The Bertz CT molecular complexity index is 400. The van der Waals surface area contributed by atoms with E-state index in [9.17, 15) is 0 Å². The highest BCUT2D eigenvalue weighted by atomic mass is 28.3. The van der Waals surface area contributed by atoms with Gasteiger partial charge in [-0.05, 0) is 35.9 Å². The lowest BCUT2D eigenvalue weighted by Crippen LogP contribution is -2.35. The molecule has 0 amide bonds. The number of hydrogen-bond acceptors (Lipinski definition) is 2. The molecule has 21 heavy (non-hydrogen) atoms. The third-order valence-electron chi connectivity index (χ3n) is 4.37. The van der Waals surface area contributed by atoms with Crippen molar-refractivity contribution in [2.75, 3.05) is 6.61 Å². The number of rotatable bonds is 6. The molecule has 1 atom stereocenters. The number of ether oxygens (including phenoxy) is 2. The van der Waals surface area contributed by atoms with Crippen molar-refractivity contribution in [3.63, 3.8) is 0 Å². The topological polar surface area (TPSA) is 18.5 Å². The van der Waals surface area contributed by atoms with Gasteiger partial charge < -0.3 is 9.47 Å². The van der Waals surface area contributed by atoms with Crippen molar-refractivity contribution in [1.82, 2.24) is 0 Å². The van der Waals surface area contributed by atoms with Gasteiger partial charge in [0.05, 0.1) is 15.4 Å². The Morgan fingerprint density at radius 1 is 1.10 bits per heavy atom. The smallest absolute Gasteiger partial charge is 0.158 e. The first-order chi connectivity index (χ1) is 10.1. The predicted octanol–water partition coefficient (Wildman–Crippen LogP) is 3.98. The van der Waals surface area contributed by atoms with Crippen LogP contribution in [-0.4, -0.2) is 21.7 Å². The quantitative estimate of drug-likeness (QED) is 0.740. The molecule has 1 heterocycles. The maximum absolute atomic E-state index is 5.85. The van der Waals surface area contributed by atoms with Crippen LogP contribution in [-0.2, 0) is 16.1 Å². The van der Waals surface area contributed by atoms with E-state index in [1.54, 1.807) is 5.19 Å². The van der Waals surface area contributed by atoms with Gasteiger partial charge in [-0.1, -0.05) is 57.1 Å². The summed E-state index contributed by atoms with van der Waals surface area (Å²) in [5.74, 6) is 0. The first-order valence-electron chi connectivity index (χ1n) is 8.40. The molecule has 0 aliphatic carbocycles. The highest BCUT2D eigenvalue weighted by molar-refractivity contribution is 6.75. The minimum atomic E-state index is -0.873. The Balaban J connectivity index is 1.91. The van der Waals surface area contributed by atoms with Crippen LogP contribution in [0.15, 0.2) is 24.3 Å². The third-order valence-corrected chi connectivity index (χ3v) is 8.40. The maximum Gasteiger partial charge on any atom is 0.158 e. The summed E-state index contributed by atoms with van der Waals surface area (Å²) < 4.78 is 11.5. The van der Waals surface area contributed by atoms with Gasteiger partial charge in [0.1, 0.15) is 0 Å². The van der Waals surface area contributed by atoms with Crippen LogP contribution in [0.2, 0.25) is 11.1 Å². The zero-order chi connectivity index (χ0) is 15.2. The molecule has 0 radical (unpaired) electrons. The summed E-state index contributed by atoms with van der Waals surface area (Å²) in [5, 5.41) is 1.58. The molecule has 0 spiro atoms. The van der Waals surface area contributed by atoms with E-state index in [0.717, 1.165) is 24.1 Å². The standard InChI is InChI=1S/C18H30O2Si/c1-14(2)21(15(3)4)17-10-8-16(9-11-17)13-20-18-7-5-6-12-19-18/h8-11,14-15,18,21H,5-7,12-13H2,1-4H3. The lowest BCUT2D eigenvalue weighted by molar-refractivity contribution is -0.168. The summed E-state index contributed by atoms with van der Waals surface area (Å²) in [6.45, 7) is 11.0. The molecule has 0 aromatic heterocycles. The second-order valence-corrected chi connectivity index (χ2v) is 11.2. The molecule has 0 N–H and O–H groups in total. The summed E-state index contributed by atoms with van der Waals surface area (Å²) >= 11 is 0. The van der Waals surface area contributed by atoms with Gasteiger partial charge in [0.2, 0.25) is 0 Å². The van der Waals surface area contributed by atoms with Gasteiger partial charge in [-0.3, -0.25) is 0 Å². The van der Waals surface area contributed by atoms with Crippen molar-refractivity contribution in [1.29, 1.82) is 0 Å². The molecule has 1 fully saturated rings. The van der Waals surface area contributed by atoms with Crippen LogP contribution in [0.3, 0.4) is 0 Å². The molecule has 1 aliphatic heterocycles. The fourth-order valence-electron chi connectivity index (χ4n) is 3.41. The van der Waals surface area contributed by atoms with Gasteiger partial charge in [0.15, 0.2) is 6.29 Å². The summed E-state index contributed by atoms with van der Waals surface area (Å²) in [4.78, 5) is 0. The predicted molar refractivity (Wildman–Crippen MR) is 91.8 cm³/mol. The minimum absolute atomic E-state index is 0.00637. The zero-order valence-corrected chi connectivity index (χ0v) is 15.1. The van der Waals surface area contributed by atoms with Crippen molar-refractivity contribution in [3.05, 3.63) is 29.8 Å². The molecular formula is C18H30O2Si. The molecule has 2 rings (SSSR count). The van der Waals surface area contributed by atoms with Crippen LogP contribution in [0.1, 0.15) is 52.5 Å². The average molecular weight is 307 g/mol. The fourth-order valence-corrected chi connectivity index (χ4v) is 7.12. The molecule has 118 valence electrons. The van der Waals surface area contributed by atoms with E-state index in [-0.39, 0.29) is 6.29 Å². The molecule has 1 aromatic carbocycles. The van der Waals surface area contributed by atoms with Crippen molar-refractivity contribution < 1.29 is 9.47 Å². The van der Waals surface area contributed by atoms with Crippen LogP contribution >= 0.6 is 0 Å². The van der Waals surface area contributed by atoms with Crippen LogP contribution in [0.5, 0.6) is 0 Å². The van der Waals surface area contributed by atoms with E-state index in [1.807, 2.05) is 0 Å². The first-order valence-corrected chi connectivity index (χ1v) is 10.3. The average Bonchev–Trinajstić information content (AvgIpc) is 2.47.